The summed E-state index contributed by atoms with van der Waals surface area (Å²) in [4.78, 5) is 0.222. The maximum Gasteiger partial charge on any atom is 0.261 e. The molecule has 2 rings (SSSR count). The molecule has 0 unspecified atom stereocenters. The summed E-state index contributed by atoms with van der Waals surface area (Å²) in [5.41, 5.74) is 2.06. The van der Waals surface area contributed by atoms with Crippen LogP contribution in [0.5, 0.6) is 0 Å². The van der Waals surface area contributed by atoms with Gasteiger partial charge in [0.15, 0.2) is 0 Å². The van der Waals surface area contributed by atoms with E-state index in [4.69, 9.17) is 0 Å². The number of aryl methyl sites for hydroxylation is 1. The fourth-order valence-corrected chi connectivity index (χ4v) is 2.81. The maximum atomic E-state index is 12.4. The van der Waals surface area contributed by atoms with Crippen molar-refractivity contribution >= 4 is 15.7 Å². The van der Waals surface area contributed by atoms with Gasteiger partial charge in [0.05, 0.1) is 10.6 Å². The summed E-state index contributed by atoms with van der Waals surface area (Å²) in [7, 11) is -3.62. The first-order valence-corrected chi connectivity index (χ1v) is 7.82. The molecule has 0 atom stereocenters. The van der Waals surface area contributed by atoms with Gasteiger partial charge in [0.1, 0.15) is 0 Å². The van der Waals surface area contributed by atoms with Crippen LogP contribution in [-0.4, -0.2) is 8.42 Å². The number of rotatable bonds is 3. The number of hydrogen-bond donors (Lipinski definition) is 1. The lowest BCUT2D eigenvalue weighted by atomic mass is 10.2. The van der Waals surface area contributed by atoms with Gasteiger partial charge in [-0.3, -0.25) is 4.72 Å². The van der Waals surface area contributed by atoms with Gasteiger partial charge >= 0.3 is 0 Å². The Morgan fingerprint density at radius 2 is 1.76 bits per heavy atom. The summed E-state index contributed by atoms with van der Waals surface area (Å²) < 4.78 is 27.3. The van der Waals surface area contributed by atoms with Crippen molar-refractivity contribution in [2.45, 2.75) is 11.8 Å². The topological polar surface area (TPSA) is 46.2 Å². The van der Waals surface area contributed by atoms with Crippen molar-refractivity contribution in [2.75, 3.05) is 4.72 Å². The van der Waals surface area contributed by atoms with Gasteiger partial charge in [-0.15, -0.1) is 0 Å². The van der Waals surface area contributed by atoms with Gasteiger partial charge in [0, 0.05) is 5.56 Å². The molecule has 0 saturated heterocycles. The first-order valence-electron chi connectivity index (χ1n) is 6.34. The lowest BCUT2D eigenvalue weighted by molar-refractivity contribution is 0.601. The Morgan fingerprint density at radius 3 is 2.43 bits per heavy atom. The largest absolute Gasteiger partial charge is 0.278 e. The fourth-order valence-electron chi connectivity index (χ4n) is 1.73. The predicted octanol–water partition coefficient (Wildman–Crippen LogP) is 3.33. The molecule has 0 fully saturated rings. The molecule has 0 radical (unpaired) electrons. The van der Waals surface area contributed by atoms with Crippen molar-refractivity contribution in [2.24, 2.45) is 0 Å². The smallest absolute Gasteiger partial charge is 0.261 e. The number of hydrogen-bond acceptors (Lipinski definition) is 2. The van der Waals surface area contributed by atoms with E-state index in [1.165, 1.54) is 6.08 Å². The van der Waals surface area contributed by atoms with Crippen LogP contribution in [0.3, 0.4) is 0 Å². The van der Waals surface area contributed by atoms with Crippen molar-refractivity contribution in [3.63, 3.8) is 0 Å². The third-order valence-electron chi connectivity index (χ3n) is 2.81. The quantitative estimate of drug-likeness (QED) is 0.883. The molecule has 0 heterocycles. The Bertz CT molecular complexity index is 810. The van der Waals surface area contributed by atoms with Crippen molar-refractivity contribution < 1.29 is 8.42 Å². The van der Waals surface area contributed by atoms with Crippen LogP contribution in [0.1, 0.15) is 11.1 Å². The van der Waals surface area contributed by atoms with Gasteiger partial charge in [-0.05, 0) is 37.3 Å². The molecule has 0 aliphatic rings. The van der Waals surface area contributed by atoms with E-state index in [9.17, 15) is 8.42 Å². The van der Waals surface area contributed by atoms with E-state index in [-0.39, 0.29) is 4.90 Å². The second-order valence-electron chi connectivity index (χ2n) is 4.44. The second kappa shape index (κ2) is 6.29. The van der Waals surface area contributed by atoms with Crippen molar-refractivity contribution in [1.82, 2.24) is 0 Å². The molecule has 0 amide bonds. The van der Waals surface area contributed by atoms with Gasteiger partial charge in [-0.25, -0.2) is 8.42 Å². The highest BCUT2D eigenvalue weighted by atomic mass is 32.2. The number of para-hydroxylation sites is 1. The SMILES string of the molecule is C=CC#Cc1ccccc1NS(=O)(=O)c1ccc(C)cc1. The molecule has 0 aliphatic heterocycles. The molecule has 3 nitrogen and oxygen atoms in total. The minimum absolute atomic E-state index is 0.222. The first-order chi connectivity index (χ1) is 10.0. The zero-order chi connectivity index (χ0) is 15.3. The van der Waals surface area contributed by atoms with Crippen LogP contribution in [0.4, 0.5) is 5.69 Å². The van der Waals surface area contributed by atoms with E-state index < -0.39 is 10.0 Å². The van der Waals surface area contributed by atoms with Crippen LogP contribution >= 0.6 is 0 Å². The van der Waals surface area contributed by atoms with Gasteiger partial charge in [0.2, 0.25) is 0 Å². The van der Waals surface area contributed by atoms with Crippen LogP contribution in [0.25, 0.3) is 0 Å². The van der Waals surface area contributed by atoms with E-state index in [0.29, 0.717) is 11.3 Å². The number of allylic oxidation sites excluding steroid dienone is 1. The second-order valence-corrected chi connectivity index (χ2v) is 6.12. The highest BCUT2D eigenvalue weighted by Gasteiger charge is 2.15. The molecule has 2 aromatic rings. The summed E-state index contributed by atoms with van der Waals surface area (Å²) in [6.07, 6.45) is 1.46. The summed E-state index contributed by atoms with van der Waals surface area (Å²) in [6.45, 7) is 5.43. The van der Waals surface area contributed by atoms with Gasteiger partial charge in [-0.1, -0.05) is 48.2 Å². The molecule has 0 spiro atoms. The third-order valence-corrected chi connectivity index (χ3v) is 4.19. The standard InChI is InChI=1S/C17H15NO2S/c1-3-4-7-15-8-5-6-9-17(15)18-21(19,20)16-12-10-14(2)11-13-16/h3,5-6,8-13,18H,1H2,2H3. The minimum Gasteiger partial charge on any atom is -0.278 e. The zero-order valence-corrected chi connectivity index (χ0v) is 12.4. The average Bonchev–Trinajstić information content (AvgIpc) is 2.46. The van der Waals surface area contributed by atoms with Crippen molar-refractivity contribution in [3.8, 4) is 11.8 Å². The van der Waals surface area contributed by atoms with Crippen molar-refractivity contribution in [3.05, 3.63) is 72.3 Å². The molecule has 106 valence electrons. The van der Waals surface area contributed by atoms with E-state index in [2.05, 4.69) is 23.1 Å². The summed E-state index contributed by atoms with van der Waals surface area (Å²) in [6, 6.07) is 13.7. The third kappa shape index (κ3) is 3.74. The van der Waals surface area contributed by atoms with E-state index in [1.807, 2.05) is 6.92 Å². The number of anilines is 1. The molecule has 0 aliphatic carbocycles. The van der Waals surface area contributed by atoms with Gasteiger partial charge in [0.25, 0.3) is 10.0 Å². The monoisotopic (exact) mass is 297 g/mol. The molecule has 0 saturated carbocycles. The van der Waals surface area contributed by atoms with Gasteiger partial charge in [-0.2, -0.15) is 0 Å². The Hall–Kier alpha value is -2.51. The average molecular weight is 297 g/mol. The molecular formula is C17H15NO2S. The Balaban J connectivity index is 2.37. The lowest BCUT2D eigenvalue weighted by Gasteiger charge is -2.10. The predicted molar refractivity (Wildman–Crippen MR) is 85.5 cm³/mol. The van der Waals surface area contributed by atoms with E-state index in [0.717, 1.165) is 5.56 Å². The van der Waals surface area contributed by atoms with Crippen LogP contribution in [0, 0.1) is 18.8 Å². The Kier molecular flexibility index (Phi) is 4.46. The highest BCUT2D eigenvalue weighted by Crippen LogP contribution is 2.19. The van der Waals surface area contributed by atoms with E-state index in [1.54, 1.807) is 48.5 Å². The molecule has 4 heteroatoms. The molecule has 0 bridgehead atoms. The maximum absolute atomic E-state index is 12.4. The van der Waals surface area contributed by atoms with E-state index >= 15 is 0 Å². The fraction of sp³-hybridized carbons (Fsp3) is 0.0588. The van der Waals surface area contributed by atoms with Crippen LogP contribution in [-0.2, 0) is 10.0 Å². The summed E-state index contributed by atoms with van der Waals surface area (Å²) >= 11 is 0. The summed E-state index contributed by atoms with van der Waals surface area (Å²) in [5, 5.41) is 0. The van der Waals surface area contributed by atoms with Crippen LogP contribution < -0.4 is 4.72 Å². The number of nitrogens with one attached hydrogen (secondary N) is 1. The molecule has 21 heavy (non-hydrogen) atoms. The Labute approximate surface area is 125 Å². The van der Waals surface area contributed by atoms with Gasteiger partial charge < -0.3 is 0 Å². The van der Waals surface area contributed by atoms with Crippen molar-refractivity contribution in [1.29, 1.82) is 0 Å². The van der Waals surface area contributed by atoms with Crippen LogP contribution in [0.2, 0.25) is 0 Å². The number of benzene rings is 2. The first kappa shape index (κ1) is 14.9. The highest BCUT2D eigenvalue weighted by molar-refractivity contribution is 7.92. The molecule has 1 N–H and O–H groups in total. The lowest BCUT2D eigenvalue weighted by Crippen LogP contribution is -2.13. The Morgan fingerprint density at radius 1 is 1.10 bits per heavy atom. The van der Waals surface area contributed by atoms with Crippen LogP contribution in [0.15, 0.2) is 66.1 Å². The molecule has 0 aromatic heterocycles. The zero-order valence-electron chi connectivity index (χ0n) is 11.6. The normalized spacial score (nSPS) is 10.3. The number of sulfonamides is 1. The minimum atomic E-state index is -3.62. The molecular weight excluding hydrogens is 282 g/mol. The molecule has 2 aromatic carbocycles. The summed E-state index contributed by atoms with van der Waals surface area (Å²) in [5.74, 6) is 5.57.